The Kier molecular flexibility index (Phi) is 8.07. The molecule has 0 aliphatic heterocycles. The van der Waals surface area contributed by atoms with E-state index in [2.05, 4.69) is 10.3 Å². The number of pyridine rings is 1. The smallest absolute Gasteiger partial charge is 0.326 e. The molecule has 1 unspecified atom stereocenters. The van der Waals surface area contributed by atoms with Crippen molar-refractivity contribution in [1.29, 1.82) is 0 Å². The van der Waals surface area contributed by atoms with Gasteiger partial charge in [-0.15, -0.1) is 11.8 Å². The first kappa shape index (κ1) is 18.3. The largest absolute Gasteiger partial charge is 0.465 e. The van der Waals surface area contributed by atoms with Crippen LogP contribution in [0.25, 0.3) is 0 Å². The fourth-order valence-corrected chi connectivity index (χ4v) is 2.89. The van der Waals surface area contributed by atoms with Crippen LogP contribution in [0.2, 0.25) is 5.02 Å². The molecule has 0 radical (unpaired) electrons. The number of ether oxygens (including phenoxy) is 1. The fourth-order valence-electron chi connectivity index (χ4n) is 1.99. The molecule has 1 aromatic rings. The quantitative estimate of drug-likeness (QED) is 0.426. The van der Waals surface area contributed by atoms with Crippen LogP contribution in [0.15, 0.2) is 23.4 Å². The molecule has 21 heavy (non-hydrogen) atoms. The van der Waals surface area contributed by atoms with E-state index in [-0.39, 0.29) is 5.97 Å². The molecule has 0 spiro atoms. The van der Waals surface area contributed by atoms with Crippen molar-refractivity contribution in [3.63, 3.8) is 0 Å². The summed E-state index contributed by atoms with van der Waals surface area (Å²) in [7, 11) is 0. The lowest BCUT2D eigenvalue weighted by Crippen LogP contribution is -2.50. The number of hydrogen-bond donors (Lipinski definition) is 1. The number of esters is 1. The summed E-state index contributed by atoms with van der Waals surface area (Å²) in [6.07, 6.45) is 3.28. The van der Waals surface area contributed by atoms with Gasteiger partial charge in [-0.3, -0.25) is 4.79 Å². The normalized spacial score (nSPS) is 13.7. The van der Waals surface area contributed by atoms with Crippen LogP contribution in [0.1, 0.15) is 33.6 Å². The van der Waals surface area contributed by atoms with Gasteiger partial charge < -0.3 is 10.1 Å². The fraction of sp³-hybridized carbons (Fsp3) is 0.600. The van der Waals surface area contributed by atoms with Crippen LogP contribution < -0.4 is 5.32 Å². The van der Waals surface area contributed by atoms with Gasteiger partial charge in [-0.25, -0.2) is 4.98 Å². The van der Waals surface area contributed by atoms with E-state index in [1.807, 2.05) is 32.9 Å². The standard InChI is InChI=1S/C15H23ClN2O2S/c1-4-18-15(3,14(19)20-5-2)9-6-10-21-13-8-7-12(16)11-17-13/h7-8,11,18H,4-6,9-10H2,1-3H3. The highest BCUT2D eigenvalue weighted by atomic mass is 35.5. The minimum absolute atomic E-state index is 0.179. The number of carbonyl (C=O) groups excluding carboxylic acids is 1. The van der Waals surface area contributed by atoms with Gasteiger partial charge in [0.25, 0.3) is 0 Å². The Labute approximate surface area is 136 Å². The molecule has 0 aliphatic carbocycles. The summed E-state index contributed by atoms with van der Waals surface area (Å²) in [6, 6.07) is 3.74. The Morgan fingerprint density at radius 3 is 2.81 bits per heavy atom. The number of halogens is 1. The van der Waals surface area contributed by atoms with Gasteiger partial charge in [-0.05, 0) is 51.1 Å². The van der Waals surface area contributed by atoms with E-state index in [1.165, 1.54) is 0 Å². The number of thioether (sulfide) groups is 1. The van der Waals surface area contributed by atoms with Gasteiger partial charge >= 0.3 is 5.97 Å². The van der Waals surface area contributed by atoms with Crippen LogP contribution in [0.5, 0.6) is 0 Å². The third-order valence-corrected chi connectivity index (χ3v) is 4.32. The van der Waals surface area contributed by atoms with E-state index in [9.17, 15) is 4.79 Å². The summed E-state index contributed by atoms with van der Waals surface area (Å²) in [5.41, 5.74) is -0.612. The summed E-state index contributed by atoms with van der Waals surface area (Å²) < 4.78 is 5.15. The first-order valence-electron chi connectivity index (χ1n) is 7.18. The minimum atomic E-state index is -0.612. The van der Waals surface area contributed by atoms with E-state index in [1.54, 1.807) is 18.0 Å². The Balaban J connectivity index is 2.43. The van der Waals surface area contributed by atoms with E-state index in [4.69, 9.17) is 16.3 Å². The Morgan fingerprint density at radius 1 is 1.48 bits per heavy atom. The summed E-state index contributed by atoms with van der Waals surface area (Å²) in [6.45, 7) is 6.86. The topological polar surface area (TPSA) is 51.2 Å². The zero-order valence-corrected chi connectivity index (χ0v) is 14.4. The van der Waals surface area contributed by atoms with Gasteiger partial charge in [0.05, 0.1) is 16.7 Å². The highest BCUT2D eigenvalue weighted by molar-refractivity contribution is 7.99. The maximum absolute atomic E-state index is 12.0. The zero-order valence-electron chi connectivity index (χ0n) is 12.8. The molecule has 118 valence electrons. The number of nitrogens with one attached hydrogen (secondary N) is 1. The first-order valence-corrected chi connectivity index (χ1v) is 8.54. The predicted octanol–water partition coefficient (Wildman–Crippen LogP) is 3.54. The Morgan fingerprint density at radius 2 is 2.24 bits per heavy atom. The molecule has 0 fully saturated rings. The highest BCUT2D eigenvalue weighted by Crippen LogP contribution is 2.21. The zero-order chi connectivity index (χ0) is 15.7. The van der Waals surface area contributed by atoms with Crippen molar-refractivity contribution < 1.29 is 9.53 Å². The van der Waals surface area contributed by atoms with Crippen molar-refractivity contribution in [2.75, 3.05) is 18.9 Å². The van der Waals surface area contributed by atoms with Crippen molar-refractivity contribution >= 4 is 29.3 Å². The molecule has 4 nitrogen and oxygen atoms in total. The van der Waals surface area contributed by atoms with Gasteiger partial charge in [-0.1, -0.05) is 18.5 Å². The van der Waals surface area contributed by atoms with Crippen LogP contribution >= 0.6 is 23.4 Å². The molecule has 0 aliphatic rings. The third kappa shape index (κ3) is 6.24. The summed E-state index contributed by atoms with van der Waals surface area (Å²) >= 11 is 7.46. The third-order valence-electron chi connectivity index (χ3n) is 3.06. The first-order chi connectivity index (χ1) is 10.0. The molecule has 0 saturated heterocycles. The number of aromatic nitrogens is 1. The van der Waals surface area contributed by atoms with E-state index < -0.39 is 5.54 Å². The molecular weight excluding hydrogens is 308 g/mol. The van der Waals surface area contributed by atoms with Gasteiger partial charge in [-0.2, -0.15) is 0 Å². The average molecular weight is 331 g/mol. The van der Waals surface area contributed by atoms with E-state index >= 15 is 0 Å². The summed E-state index contributed by atoms with van der Waals surface area (Å²) in [4.78, 5) is 16.3. The average Bonchev–Trinajstić information content (AvgIpc) is 2.46. The Bertz CT molecular complexity index is 442. The SMILES string of the molecule is CCNC(C)(CCCSc1ccc(Cl)cn1)C(=O)OCC. The maximum atomic E-state index is 12.0. The van der Waals surface area contributed by atoms with Crippen molar-refractivity contribution in [1.82, 2.24) is 10.3 Å². The number of nitrogens with zero attached hydrogens (tertiary/aromatic N) is 1. The molecule has 1 rings (SSSR count). The monoisotopic (exact) mass is 330 g/mol. The van der Waals surface area contributed by atoms with Crippen molar-refractivity contribution in [2.24, 2.45) is 0 Å². The second-order valence-electron chi connectivity index (χ2n) is 4.85. The summed E-state index contributed by atoms with van der Waals surface area (Å²) in [5, 5.41) is 4.82. The van der Waals surface area contributed by atoms with Crippen molar-refractivity contribution in [2.45, 2.75) is 44.2 Å². The lowest BCUT2D eigenvalue weighted by Gasteiger charge is -2.28. The van der Waals surface area contributed by atoms with Gasteiger partial charge in [0.15, 0.2) is 0 Å². The van der Waals surface area contributed by atoms with Gasteiger partial charge in [0.1, 0.15) is 5.54 Å². The lowest BCUT2D eigenvalue weighted by atomic mass is 9.96. The summed E-state index contributed by atoms with van der Waals surface area (Å²) in [5.74, 6) is 0.719. The number of hydrogen-bond acceptors (Lipinski definition) is 5. The van der Waals surface area contributed by atoms with Crippen LogP contribution in [0, 0.1) is 0 Å². The molecule has 6 heteroatoms. The van der Waals surface area contributed by atoms with Gasteiger partial charge in [0, 0.05) is 6.20 Å². The van der Waals surface area contributed by atoms with Crippen LogP contribution in [-0.4, -0.2) is 35.4 Å². The molecule has 0 bridgehead atoms. The molecule has 1 aromatic heterocycles. The second kappa shape index (κ2) is 9.28. The maximum Gasteiger partial charge on any atom is 0.326 e. The number of carbonyl (C=O) groups is 1. The number of likely N-dealkylation sites (N-methyl/N-ethyl adjacent to an activating group) is 1. The highest BCUT2D eigenvalue weighted by Gasteiger charge is 2.32. The molecule has 0 amide bonds. The second-order valence-corrected chi connectivity index (χ2v) is 6.40. The molecule has 1 atom stereocenters. The number of rotatable bonds is 9. The molecular formula is C15H23ClN2O2S. The van der Waals surface area contributed by atoms with E-state index in [0.717, 1.165) is 30.2 Å². The molecule has 1 heterocycles. The van der Waals surface area contributed by atoms with Gasteiger partial charge in [0.2, 0.25) is 0 Å². The predicted molar refractivity (Wildman–Crippen MR) is 87.9 cm³/mol. The Hall–Kier alpha value is -0.780. The molecule has 0 saturated carbocycles. The van der Waals surface area contributed by atoms with E-state index in [0.29, 0.717) is 11.6 Å². The van der Waals surface area contributed by atoms with Crippen LogP contribution in [-0.2, 0) is 9.53 Å². The van der Waals surface area contributed by atoms with Crippen molar-refractivity contribution in [3.05, 3.63) is 23.4 Å². The minimum Gasteiger partial charge on any atom is -0.465 e. The molecule has 1 N–H and O–H groups in total. The lowest BCUT2D eigenvalue weighted by molar-refractivity contribution is -0.150. The molecule has 0 aromatic carbocycles. The van der Waals surface area contributed by atoms with Crippen LogP contribution in [0.3, 0.4) is 0 Å². The van der Waals surface area contributed by atoms with Crippen LogP contribution in [0.4, 0.5) is 0 Å². The van der Waals surface area contributed by atoms with Crippen molar-refractivity contribution in [3.8, 4) is 0 Å².